The number of nitrogens with one attached hydrogen (secondary N) is 2. The molecule has 0 radical (unpaired) electrons. The van der Waals surface area contributed by atoms with Crippen LogP contribution in [0, 0.1) is 11.6 Å². The van der Waals surface area contributed by atoms with Gasteiger partial charge in [-0.05, 0) is 47.1 Å². The number of aromatic hydroxyl groups is 1. The second-order valence-electron chi connectivity index (χ2n) is 7.36. The second kappa shape index (κ2) is 8.64. The van der Waals surface area contributed by atoms with Crippen molar-refractivity contribution in [3.05, 3.63) is 70.2 Å². The number of hydrogen-bond acceptors (Lipinski definition) is 5. The van der Waals surface area contributed by atoms with Crippen molar-refractivity contribution in [2.75, 3.05) is 11.3 Å². The average molecular weight is 539 g/mol. The summed E-state index contributed by atoms with van der Waals surface area (Å²) in [5.74, 6) is -3.13. The number of sulfonamides is 1. The molecule has 4 rings (SSSR count). The van der Waals surface area contributed by atoms with Crippen LogP contribution >= 0.6 is 15.9 Å². The SMILES string of the molecule is C[C@H]1CNC(=O)c2cc(Br)c(O)c(c2)S(=O)(=O)Nc2cc(c(F)cc2F)-c2ccccc2O1. The molecule has 0 aromatic heterocycles. The van der Waals surface area contributed by atoms with Gasteiger partial charge >= 0.3 is 0 Å². The monoisotopic (exact) mass is 538 g/mol. The van der Waals surface area contributed by atoms with Crippen molar-refractivity contribution in [1.82, 2.24) is 5.32 Å². The number of amides is 1. The van der Waals surface area contributed by atoms with E-state index < -0.39 is 50.0 Å². The molecule has 172 valence electrons. The van der Waals surface area contributed by atoms with E-state index in [2.05, 4.69) is 21.2 Å². The molecule has 0 spiro atoms. The van der Waals surface area contributed by atoms with E-state index in [0.717, 1.165) is 12.1 Å². The third-order valence-electron chi connectivity index (χ3n) is 4.94. The number of phenols is 1. The highest BCUT2D eigenvalue weighted by molar-refractivity contribution is 9.10. The zero-order chi connectivity index (χ0) is 23.9. The van der Waals surface area contributed by atoms with Gasteiger partial charge in [0.15, 0.2) is 0 Å². The van der Waals surface area contributed by atoms with E-state index in [1.165, 1.54) is 6.07 Å². The first-order valence-corrected chi connectivity index (χ1v) is 11.9. The van der Waals surface area contributed by atoms with Crippen molar-refractivity contribution in [1.29, 1.82) is 0 Å². The number of anilines is 1. The highest BCUT2D eigenvalue weighted by Crippen LogP contribution is 2.37. The Hall–Kier alpha value is -3.18. The van der Waals surface area contributed by atoms with Gasteiger partial charge in [-0.3, -0.25) is 9.52 Å². The van der Waals surface area contributed by atoms with Crippen LogP contribution in [0.1, 0.15) is 17.3 Å². The first-order valence-electron chi connectivity index (χ1n) is 9.65. The minimum Gasteiger partial charge on any atom is -0.505 e. The summed E-state index contributed by atoms with van der Waals surface area (Å²) in [6.07, 6.45) is -0.551. The Morgan fingerprint density at radius 3 is 2.58 bits per heavy atom. The van der Waals surface area contributed by atoms with Crippen LogP contribution in [0.5, 0.6) is 11.5 Å². The van der Waals surface area contributed by atoms with Gasteiger partial charge in [-0.15, -0.1) is 0 Å². The maximum atomic E-state index is 14.7. The topological polar surface area (TPSA) is 105 Å². The molecule has 0 saturated carbocycles. The van der Waals surface area contributed by atoms with Crippen molar-refractivity contribution in [2.24, 2.45) is 0 Å². The molecule has 7 nitrogen and oxygen atoms in total. The van der Waals surface area contributed by atoms with E-state index in [1.807, 2.05) is 4.72 Å². The van der Waals surface area contributed by atoms with Crippen LogP contribution in [0.15, 0.2) is 57.9 Å². The third-order valence-corrected chi connectivity index (χ3v) is 6.92. The summed E-state index contributed by atoms with van der Waals surface area (Å²) >= 11 is 3.03. The highest BCUT2D eigenvalue weighted by Gasteiger charge is 2.26. The smallest absolute Gasteiger partial charge is 0.265 e. The third kappa shape index (κ3) is 4.51. The van der Waals surface area contributed by atoms with Crippen molar-refractivity contribution < 1.29 is 31.8 Å². The van der Waals surface area contributed by atoms with Gasteiger partial charge in [-0.2, -0.15) is 0 Å². The lowest BCUT2D eigenvalue weighted by molar-refractivity contribution is 0.0932. The van der Waals surface area contributed by atoms with Crippen LogP contribution in [-0.4, -0.2) is 32.1 Å². The summed E-state index contributed by atoms with van der Waals surface area (Å²) < 4.78 is 63.2. The second-order valence-corrected chi connectivity index (χ2v) is 9.86. The van der Waals surface area contributed by atoms with Crippen LogP contribution in [0.2, 0.25) is 0 Å². The molecule has 1 amide bonds. The first-order chi connectivity index (χ1) is 15.6. The van der Waals surface area contributed by atoms with Gasteiger partial charge in [0.2, 0.25) is 0 Å². The fraction of sp³-hybridized carbons (Fsp3) is 0.136. The van der Waals surface area contributed by atoms with E-state index >= 15 is 0 Å². The van der Waals surface area contributed by atoms with Gasteiger partial charge in [0, 0.05) is 22.8 Å². The fourth-order valence-corrected chi connectivity index (χ4v) is 5.13. The van der Waals surface area contributed by atoms with Crippen LogP contribution in [-0.2, 0) is 10.0 Å². The minimum absolute atomic E-state index is 0.0448. The number of halogens is 3. The molecule has 1 atom stereocenters. The maximum absolute atomic E-state index is 14.7. The maximum Gasteiger partial charge on any atom is 0.265 e. The Morgan fingerprint density at radius 1 is 1.09 bits per heavy atom. The molecule has 1 aliphatic heterocycles. The van der Waals surface area contributed by atoms with Crippen LogP contribution < -0.4 is 14.8 Å². The predicted molar refractivity (Wildman–Crippen MR) is 121 cm³/mol. The number of fused-ring (bicyclic) bond motifs is 6. The lowest BCUT2D eigenvalue weighted by Gasteiger charge is -2.18. The molecule has 3 aromatic carbocycles. The summed E-state index contributed by atoms with van der Waals surface area (Å²) in [5.41, 5.74) is -0.457. The van der Waals surface area contributed by atoms with Gasteiger partial charge in [0.1, 0.15) is 34.1 Å². The number of ether oxygens (including phenoxy) is 1. The number of para-hydroxylation sites is 1. The van der Waals surface area contributed by atoms with Crippen LogP contribution in [0.3, 0.4) is 0 Å². The molecule has 0 fully saturated rings. The standard InChI is InChI=1S/C22H17BrF2N2O5S/c1-11-10-26-22(29)12-6-15(23)21(28)20(7-12)33(30,31)27-18-8-14(16(24)9-17(18)25)13-4-2-3-5-19(13)32-11/h2-9,11,27-28H,10H2,1H3,(H,26,29)/t11-/m0/s1. The lowest BCUT2D eigenvalue weighted by atomic mass is 10.0. The van der Waals surface area contributed by atoms with Crippen molar-refractivity contribution >= 4 is 37.5 Å². The van der Waals surface area contributed by atoms with Crippen molar-refractivity contribution in [3.8, 4) is 22.6 Å². The molecule has 3 aromatic rings. The first kappa shape index (κ1) is 23.0. The Labute approximate surface area is 196 Å². The Balaban J connectivity index is 1.96. The molecule has 1 aliphatic rings. The van der Waals surface area contributed by atoms with Gasteiger partial charge in [0.25, 0.3) is 15.9 Å². The van der Waals surface area contributed by atoms with Gasteiger partial charge in [-0.1, -0.05) is 18.2 Å². The fourth-order valence-electron chi connectivity index (χ4n) is 3.33. The molecular weight excluding hydrogens is 522 g/mol. The van der Waals surface area contributed by atoms with Crippen molar-refractivity contribution in [2.45, 2.75) is 17.9 Å². The van der Waals surface area contributed by atoms with Crippen LogP contribution in [0.4, 0.5) is 14.5 Å². The van der Waals surface area contributed by atoms with Crippen molar-refractivity contribution in [3.63, 3.8) is 0 Å². The number of carbonyl (C=O) groups is 1. The number of phenolic OH excluding ortho intramolecular Hbond substituents is 1. The molecule has 4 bridgehead atoms. The number of hydrogen-bond donors (Lipinski definition) is 3. The van der Waals surface area contributed by atoms with Gasteiger partial charge < -0.3 is 15.2 Å². The number of carbonyl (C=O) groups excluding carboxylic acids is 1. The van der Waals surface area contributed by atoms with E-state index in [-0.39, 0.29) is 33.5 Å². The van der Waals surface area contributed by atoms with Gasteiger partial charge in [-0.25, -0.2) is 17.2 Å². The van der Waals surface area contributed by atoms with E-state index in [4.69, 9.17) is 4.74 Å². The number of benzene rings is 3. The molecule has 1 heterocycles. The van der Waals surface area contributed by atoms with E-state index in [1.54, 1.807) is 31.2 Å². The van der Waals surface area contributed by atoms with E-state index in [0.29, 0.717) is 6.07 Å². The average Bonchev–Trinajstić information content (AvgIpc) is 2.75. The predicted octanol–water partition coefficient (Wildman–Crippen LogP) is 4.41. The molecule has 33 heavy (non-hydrogen) atoms. The molecule has 11 heteroatoms. The largest absolute Gasteiger partial charge is 0.505 e. The Bertz CT molecular complexity index is 1380. The summed E-state index contributed by atoms with van der Waals surface area (Å²) in [6, 6.07) is 10.2. The zero-order valence-corrected chi connectivity index (χ0v) is 19.4. The summed E-state index contributed by atoms with van der Waals surface area (Å²) in [5, 5.41) is 12.9. The quantitative estimate of drug-likeness (QED) is 0.393. The summed E-state index contributed by atoms with van der Waals surface area (Å²) in [7, 11) is -4.58. The molecule has 0 unspecified atom stereocenters. The summed E-state index contributed by atoms with van der Waals surface area (Å²) in [6.45, 7) is 1.73. The van der Waals surface area contributed by atoms with Gasteiger partial charge in [0.05, 0.1) is 16.7 Å². The minimum atomic E-state index is -4.58. The van der Waals surface area contributed by atoms with Crippen LogP contribution in [0.25, 0.3) is 11.1 Å². The molecule has 0 aliphatic carbocycles. The Morgan fingerprint density at radius 2 is 1.82 bits per heavy atom. The molecular formula is C22H17BrF2N2O5S. The number of rotatable bonds is 0. The highest BCUT2D eigenvalue weighted by atomic mass is 79.9. The molecule has 0 saturated heterocycles. The lowest BCUT2D eigenvalue weighted by Crippen LogP contribution is -2.33. The van der Waals surface area contributed by atoms with E-state index in [9.17, 15) is 27.1 Å². The zero-order valence-electron chi connectivity index (χ0n) is 17.0. The summed E-state index contributed by atoms with van der Waals surface area (Å²) in [4.78, 5) is 12.0. The Kier molecular flexibility index (Phi) is 6.02. The molecule has 3 N–H and O–H groups in total. The normalized spacial score (nSPS) is 17.5.